The largest absolute Gasteiger partial charge is 0.494 e. The Morgan fingerprint density at radius 1 is 1.12 bits per heavy atom. The molecular formula is C21H24N2O2. The summed E-state index contributed by atoms with van der Waals surface area (Å²) in [5, 5.41) is 4.08. The number of nitrogens with one attached hydrogen (secondary N) is 1. The quantitative estimate of drug-likeness (QED) is 0.718. The normalized spacial score (nSPS) is 10.9. The summed E-state index contributed by atoms with van der Waals surface area (Å²) >= 11 is 0. The first-order valence-electron chi connectivity index (χ1n) is 8.68. The van der Waals surface area contributed by atoms with Gasteiger partial charge in [-0.3, -0.25) is 4.79 Å². The summed E-state index contributed by atoms with van der Waals surface area (Å²) in [5.74, 6) is 0.746. The summed E-state index contributed by atoms with van der Waals surface area (Å²) in [6.07, 6.45) is 0. The van der Waals surface area contributed by atoms with Gasteiger partial charge >= 0.3 is 0 Å². The second kappa shape index (κ2) is 7.01. The summed E-state index contributed by atoms with van der Waals surface area (Å²) in [6, 6.07) is 13.8. The minimum absolute atomic E-state index is 0.0842. The summed E-state index contributed by atoms with van der Waals surface area (Å²) in [6.45, 7) is 9.39. The predicted octanol–water partition coefficient (Wildman–Crippen LogP) is 4.93. The Balaban J connectivity index is 2.05. The van der Waals surface area contributed by atoms with Crippen molar-refractivity contribution in [3.05, 3.63) is 59.3 Å². The second-order valence-electron chi connectivity index (χ2n) is 6.15. The minimum atomic E-state index is -0.0842. The average molecular weight is 336 g/mol. The Labute approximate surface area is 148 Å². The van der Waals surface area contributed by atoms with Gasteiger partial charge in [-0.25, -0.2) is 0 Å². The zero-order valence-electron chi connectivity index (χ0n) is 15.2. The number of benzene rings is 2. The van der Waals surface area contributed by atoms with Crippen molar-refractivity contribution in [2.75, 3.05) is 11.9 Å². The van der Waals surface area contributed by atoms with Gasteiger partial charge in [-0.05, 0) is 69.2 Å². The van der Waals surface area contributed by atoms with Crippen LogP contribution in [-0.2, 0) is 6.54 Å². The molecule has 0 saturated heterocycles. The summed E-state index contributed by atoms with van der Waals surface area (Å²) < 4.78 is 7.67. The van der Waals surface area contributed by atoms with Crippen LogP contribution in [0.3, 0.4) is 0 Å². The van der Waals surface area contributed by atoms with Crippen LogP contribution in [0.1, 0.15) is 35.5 Å². The number of ether oxygens (including phenoxy) is 1. The highest BCUT2D eigenvalue weighted by Crippen LogP contribution is 2.30. The number of hydrogen-bond acceptors (Lipinski definition) is 2. The SMILES string of the molecule is CCOc1ccc2c(c1)c(C)c(C(=O)Nc1cccc(C)c1)n2CC. The fraction of sp³-hybridized carbons (Fsp3) is 0.286. The van der Waals surface area contributed by atoms with Gasteiger partial charge in [0.1, 0.15) is 11.4 Å². The van der Waals surface area contributed by atoms with E-state index in [1.165, 1.54) is 0 Å². The first kappa shape index (κ1) is 17.1. The molecule has 1 amide bonds. The fourth-order valence-corrected chi connectivity index (χ4v) is 3.29. The maximum atomic E-state index is 12.9. The molecule has 3 rings (SSSR count). The van der Waals surface area contributed by atoms with E-state index in [1.807, 2.05) is 63.2 Å². The number of aromatic nitrogens is 1. The van der Waals surface area contributed by atoms with E-state index >= 15 is 0 Å². The van der Waals surface area contributed by atoms with E-state index in [2.05, 4.69) is 16.8 Å². The van der Waals surface area contributed by atoms with Gasteiger partial charge < -0.3 is 14.6 Å². The van der Waals surface area contributed by atoms with Crippen LogP contribution in [0.15, 0.2) is 42.5 Å². The molecule has 0 aliphatic carbocycles. The number of nitrogens with zero attached hydrogens (tertiary/aromatic N) is 1. The molecule has 130 valence electrons. The van der Waals surface area contributed by atoms with E-state index < -0.39 is 0 Å². The Hall–Kier alpha value is -2.75. The van der Waals surface area contributed by atoms with Crippen molar-refractivity contribution in [2.45, 2.75) is 34.2 Å². The van der Waals surface area contributed by atoms with Crippen LogP contribution in [0, 0.1) is 13.8 Å². The Morgan fingerprint density at radius 2 is 1.92 bits per heavy atom. The van der Waals surface area contributed by atoms with Crippen molar-refractivity contribution in [2.24, 2.45) is 0 Å². The van der Waals surface area contributed by atoms with Crippen molar-refractivity contribution < 1.29 is 9.53 Å². The number of rotatable bonds is 5. The van der Waals surface area contributed by atoms with Crippen molar-refractivity contribution in [1.82, 2.24) is 4.57 Å². The molecule has 2 aromatic carbocycles. The molecular weight excluding hydrogens is 312 g/mol. The lowest BCUT2D eigenvalue weighted by Crippen LogP contribution is -2.17. The molecule has 0 atom stereocenters. The molecule has 1 aromatic heterocycles. The van der Waals surface area contributed by atoms with E-state index in [1.54, 1.807) is 0 Å². The topological polar surface area (TPSA) is 43.3 Å². The predicted molar refractivity (Wildman–Crippen MR) is 103 cm³/mol. The summed E-state index contributed by atoms with van der Waals surface area (Å²) in [4.78, 5) is 12.9. The molecule has 3 aromatic rings. The van der Waals surface area contributed by atoms with Crippen molar-refractivity contribution in [1.29, 1.82) is 0 Å². The van der Waals surface area contributed by atoms with Gasteiger partial charge in [-0.2, -0.15) is 0 Å². The molecule has 1 N–H and O–H groups in total. The molecule has 4 nitrogen and oxygen atoms in total. The van der Waals surface area contributed by atoms with E-state index in [0.29, 0.717) is 12.3 Å². The lowest BCUT2D eigenvalue weighted by Gasteiger charge is -2.10. The van der Waals surface area contributed by atoms with Gasteiger partial charge in [0.25, 0.3) is 5.91 Å². The molecule has 0 radical (unpaired) electrons. The number of amides is 1. The molecule has 0 aliphatic rings. The first-order valence-corrected chi connectivity index (χ1v) is 8.68. The average Bonchev–Trinajstić information content (AvgIpc) is 2.87. The molecule has 0 spiro atoms. The van der Waals surface area contributed by atoms with Gasteiger partial charge in [0.05, 0.1) is 6.61 Å². The summed E-state index contributed by atoms with van der Waals surface area (Å²) in [7, 11) is 0. The lowest BCUT2D eigenvalue weighted by atomic mass is 10.1. The van der Waals surface area contributed by atoms with Gasteiger partial charge in [0.2, 0.25) is 0 Å². The molecule has 0 fully saturated rings. The molecule has 25 heavy (non-hydrogen) atoms. The molecule has 0 unspecified atom stereocenters. The minimum Gasteiger partial charge on any atom is -0.494 e. The van der Waals surface area contributed by atoms with Crippen molar-refractivity contribution in [3.63, 3.8) is 0 Å². The van der Waals surface area contributed by atoms with Crippen LogP contribution in [0.5, 0.6) is 5.75 Å². The molecule has 0 saturated carbocycles. The number of anilines is 1. The maximum Gasteiger partial charge on any atom is 0.272 e. The highest BCUT2D eigenvalue weighted by atomic mass is 16.5. The molecule has 4 heteroatoms. The van der Waals surface area contributed by atoms with E-state index in [9.17, 15) is 4.79 Å². The van der Waals surface area contributed by atoms with Crippen LogP contribution < -0.4 is 10.1 Å². The van der Waals surface area contributed by atoms with Crippen molar-refractivity contribution in [3.8, 4) is 5.75 Å². The number of carbonyl (C=O) groups is 1. The van der Waals surface area contributed by atoms with Gasteiger partial charge in [-0.15, -0.1) is 0 Å². The first-order chi connectivity index (χ1) is 12.0. The highest BCUT2D eigenvalue weighted by molar-refractivity contribution is 6.08. The number of carbonyl (C=O) groups excluding carboxylic acids is 1. The zero-order chi connectivity index (χ0) is 18.0. The lowest BCUT2D eigenvalue weighted by molar-refractivity contribution is 0.101. The van der Waals surface area contributed by atoms with Crippen LogP contribution in [0.25, 0.3) is 10.9 Å². The number of hydrogen-bond donors (Lipinski definition) is 1. The second-order valence-corrected chi connectivity index (χ2v) is 6.15. The summed E-state index contributed by atoms with van der Waals surface area (Å²) in [5.41, 5.74) is 4.66. The third kappa shape index (κ3) is 3.25. The molecule has 0 bridgehead atoms. The fourth-order valence-electron chi connectivity index (χ4n) is 3.29. The third-order valence-electron chi connectivity index (χ3n) is 4.41. The van der Waals surface area contributed by atoms with E-state index in [4.69, 9.17) is 4.74 Å². The molecule has 0 aliphatic heterocycles. The highest BCUT2D eigenvalue weighted by Gasteiger charge is 2.20. The molecule has 1 heterocycles. The van der Waals surface area contributed by atoms with Gasteiger partial charge in [0, 0.05) is 23.1 Å². The number of fused-ring (bicyclic) bond motifs is 1. The Morgan fingerprint density at radius 3 is 2.60 bits per heavy atom. The van der Waals surface area contributed by atoms with Crippen LogP contribution in [0.4, 0.5) is 5.69 Å². The zero-order valence-corrected chi connectivity index (χ0v) is 15.2. The van der Waals surface area contributed by atoms with Crippen molar-refractivity contribution >= 4 is 22.5 Å². The van der Waals surface area contributed by atoms with Crippen LogP contribution in [0.2, 0.25) is 0 Å². The maximum absolute atomic E-state index is 12.9. The van der Waals surface area contributed by atoms with E-state index in [-0.39, 0.29) is 5.91 Å². The monoisotopic (exact) mass is 336 g/mol. The van der Waals surface area contributed by atoms with Crippen LogP contribution in [-0.4, -0.2) is 17.1 Å². The Bertz CT molecular complexity index is 925. The standard InChI is InChI=1S/C21H24N2O2/c1-5-23-19-11-10-17(25-6-2)13-18(19)15(4)20(23)21(24)22-16-9-7-8-14(3)12-16/h7-13H,5-6H2,1-4H3,(H,22,24). The van der Waals surface area contributed by atoms with Crippen LogP contribution >= 0.6 is 0 Å². The smallest absolute Gasteiger partial charge is 0.272 e. The Kier molecular flexibility index (Phi) is 4.79. The van der Waals surface area contributed by atoms with Gasteiger partial charge in [-0.1, -0.05) is 12.1 Å². The number of aryl methyl sites for hydroxylation is 3. The van der Waals surface area contributed by atoms with E-state index in [0.717, 1.165) is 40.0 Å². The van der Waals surface area contributed by atoms with Gasteiger partial charge in [0.15, 0.2) is 0 Å². The third-order valence-corrected chi connectivity index (χ3v) is 4.41.